The van der Waals surface area contributed by atoms with Crippen LogP contribution in [0.15, 0.2) is 10.9 Å². The summed E-state index contributed by atoms with van der Waals surface area (Å²) in [5, 5.41) is 0. The van der Waals surface area contributed by atoms with Gasteiger partial charge in [-0.3, -0.25) is 0 Å². The monoisotopic (exact) mass is 252 g/mol. The van der Waals surface area contributed by atoms with Gasteiger partial charge >= 0.3 is 0 Å². The zero-order chi connectivity index (χ0) is 9.35. The summed E-state index contributed by atoms with van der Waals surface area (Å²) in [6.07, 6.45) is 2.88. The number of halogens is 1. The van der Waals surface area contributed by atoms with Gasteiger partial charge in [-0.2, -0.15) is 0 Å². The molecule has 0 saturated carbocycles. The Balaban J connectivity index is 2.92. The molecule has 0 bridgehead atoms. The van der Waals surface area contributed by atoms with Gasteiger partial charge in [0, 0.05) is 19.5 Å². The standard InChI is InChI=1S/C6H9BrN2O2S/c1-9-3-5(8-6(9)7)4-12(2,10)11/h3H,4H2,1-2H3. The summed E-state index contributed by atoms with van der Waals surface area (Å²) < 4.78 is 24.1. The van der Waals surface area contributed by atoms with Crippen LogP contribution in [0.2, 0.25) is 0 Å². The molecule has 1 aromatic heterocycles. The average molecular weight is 253 g/mol. The maximum atomic E-state index is 10.9. The van der Waals surface area contributed by atoms with Gasteiger partial charge in [-0.1, -0.05) is 0 Å². The molecule has 0 N–H and O–H groups in total. The molecule has 0 aliphatic carbocycles. The van der Waals surface area contributed by atoms with Crippen LogP contribution in [0.5, 0.6) is 0 Å². The fraction of sp³-hybridized carbons (Fsp3) is 0.500. The Kier molecular flexibility index (Phi) is 2.58. The SMILES string of the molecule is Cn1cc(CS(C)(=O)=O)nc1Br. The number of hydrogen-bond donors (Lipinski definition) is 0. The Labute approximate surface area is 79.7 Å². The van der Waals surface area contributed by atoms with E-state index < -0.39 is 9.84 Å². The zero-order valence-corrected chi connectivity index (χ0v) is 9.18. The lowest BCUT2D eigenvalue weighted by Crippen LogP contribution is -2.00. The van der Waals surface area contributed by atoms with E-state index in [1.165, 1.54) is 6.26 Å². The summed E-state index contributed by atoms with van der Waals surface area (Å²) in [6, 6.07) is 0. The molecule has 0 radical (unpaired) electrons. The van der Waals surface area contributed by atoms with Crippen molar-refractivity contribution >= 4 is 25.8 Å². The predicted octanol–water partition coefficient (Wildman–Crippen LogP) is 0.727. The van der Waals surface area contributed by atoms with E-state index in [0.717, 1.165) is 0 Å². The molecule has 0 aromatic carbocycles. The van der Waals surface area contributed by atoms with E-state index in [2.05, 4.69) is 20.9 Å². The zero-order valence-electron chi connectivity index (χ0n) is 6.78. The summed E-state index contributed by atoms with van der Waals surface area (Å²) in [5.41, 5.74) is 0.562. The number of aryl methyl sites for hydroxylation is 1. The fourth-order valence-corrected chi connectivity index (χ4v) is 1.85. The molecule has 0 amide bonds. The Morgan fingerprint density at radius 3 is 2.58 bits per heavy atom. The minimum absolute atomic E-state index is 0.00750. The lowest BCUT2D eigenvalue weighted by molar-refractivity contribution is 0.600. The lowest BCUT2D eigenvalue weighted by Gasteiger charge is -1.90. The lowest BCUT2D eigenvalue weighted by atomic mass is 10.6. The molecule has 4 nitrogen and oxygen atoms in total. The van der Waals surface area contributed by atoms with E-state index in [0.29, 0.717) is 10.4 Å². The van der Waals surface area contributed by atoms with Gasteiger partial charge < -0.3 is 4.57 Å². The van der Waals surface area contributed by atoms with Crippen LogP contribution < -0.4 is 0 Å². The van der Waals surface area contributed by atoms with E-state index >= 15 is 0 Å². The molecule has 0 spiro atoms. The summed E-state index contributed by atoms with van der Waals surface area (Å²) >= 11 is 3.18. The molecule has 6 heteroatoms. The molecule has 0 atom stereocenters. The maximum Gasteiger partial charge on any atom is 0.177 e. The first-order valence-corrected chi connectivity index (χ1v) is 6.09. The van der Waals surface area contributed by atoms with Gasteiger partial charge in [0.15, 0.2) is 14.6 Å². The Morgan fingerprint density at radius 1 is 1.67 bits per heavy atom. The molecule has 0 aliphatic rings. The van der Waals surface area contributed by atoms with E-state index in [1.54, 1.807) is 17.8 Å². The van der Waals surface area contributed by atoms with Crippen LogP contribution in [0.3, 0.4) is 0 Å². The van der Waals surface area contributed by atoms with Crippen LogP contribution in [0.1, 0.15) is 5.69 Å². The Hall–Kier alpha value is -0.360. The van der Waals surface area contributed by atoms with E-state index in [4.69, 9.17) is 0 Å². The van der Waals surface area contributed by atoms with Gasteiger partial charge in [-0.15, -0.1) is 0 Å². The van der Waals surface area contributed by atoms with Gasteiger partial charge in [-0.05, 0) is 15.9 Å². The Bertz CT molecular complexity index is 363. The minimum atomic E-state index is -2.98. The third-order valence-electron chi connectivity index (χ3n) is 1.28. The highest BCUT2D eigenvalue weighted by atomic mass is 79.9. The molecular formula is C6H9BrN2O2S. The molecular weight excluding hydrogens is 244 g/mol. The minimum Gasteiger partial charge on any atom is -0.328 e. The first kappa shape index (κ1) is 9.73. The highest BCUT2D eigenvalue weighted by molar-refractivity contribution is 9.10. The average Bonchev–Trinajstić information content (AvgIpc) is 2.07. The third kappa shape index (κ3) is 2.60. The second-order valence-electron chi connectivity index (χ2n) is 2.68. The largest absolute Gasteiger partial charge is 0.328 e. The predicted molar refractivity (Wildman–Crippen MR) is 49.5 cm³/mol. The molecule has 0 aliphatic heterocycles. The molecule has 0 unspecified atom stereocenters. The van der Waals surface area contributed by atoms with Crippen LogP contribution in [0.4, 0.5) is 0 Å². The molecule has 0 saturated heterocycles. The van der Waals surface area contributed by atoms with E-state index in [-0.39, 0.29) is 5.75 Å². The molecule has 12 heavy (non-hydrogen) atoms. The molecule has 1 heterocycles. The van der Waals surface area contributed by atoms with Crippen molar-refractivity contribution < 1.29 is 8.42 Å². The van der Waals surface area contributed by atoms with Crippen molar-refractivity contribution in [2.24, 2.45) is 7.05 Å². The smallest absolute Gasteiger partial charge is 0.177 e. The number of nitrogens with zero attached hydrogens (tertiary/aromatic N) is 2. The quantitative estimate of drug-likeness (QED) is 0.780. The summed E-state index contributed by atoms with van der Waals surface area (Å²) in [6.45, 7) is 0. The van der Waals surface area contributed by atoms with Crippen LogP contribution in [0.25, 0.3) is 0 Å². The van der Waals surface area contributed by atoms with Crippen molar-refractivity contribution in [3.63, 3.8) is 0 Å². The fourth-order valence-electron chi connectivity index (χ4n) is 0.841. The van der Waals surface area contributed by atoms with Crippen LogP contribution >= 0.6 is 15.9 Å². The first-order valence-electron chi connectivity index (χ1n) is 3.24. The Morgan fingerprint density at radius 2 is 2.25 bits per heavy atom. The van der Waals surface area contributed by atoms with Gasteiger partial charge in [0.1, 0.15) is 0 Å². The third-order valence-corrected chi connectivity index (χ3v) is 2.84. The van der Waals surface area contributed by atoms with E-state index in [1.807, 2.05) is 0 Å². The first-order chi connectivity index (χ1) is 5.38. The number of aromatic nitrogens is 2. The van der Waals surface area contributed by atoms with Gasteiger partial charge in [0.25, 0.3) is 0 Å². The summed E-state index contributed by atoms with van der Waals surface area (Å²) in [5.74, 6) is -0.00750. The molecule has 0 fully saturated rings. The number of hydrogen-bond acceptors (Lipinski definition) is 3. The highest BCUT2D eigenvalue weighted by Gasteiger charge is 2.08. The van der Waals surface area contributed by atoms with Crippen molar-refractivity contribution in [1.82, 2.24) is 9.55 Å². The van der Waals surface area contributed by atoms with Gasteiger partial charge in [0.2, 0.25) is 0 Å². The van der Waals surface area contributed by atoms with Crippen LogP contribution in [-0.2, 0) is 22.6 Å². The van der Waals surface area contributed by atoms with Crippen molar-refractivity contribution in [2.45, 2.75) is 5.75 Å². The second kappa shape index (κ2) is 3.18. The summed E-state index contributed by atoms with van der Waals surface area (Å²) in [7, 11) is -1.18. The normalized spacial score (nSPS) is 11.9. The number of imidazole rings is 1. The van der Waals surface area contributed by atoms with E-state index in [9.17, 15) is 8.42 Å². The van der Waals surface area contributed by atoms with Crippen molar-refractivity contribution in [1.29, 1.82) is 0 Å². The number of sulfone groups is 1. The van der Waals surface area contributed by atoms with Gasteiger partial charge in [-0.25, -0.2) is 13.4 Å². The van der Waals surface area contributed by atoms with Crippen LogP contribution in [-0.4, -0.2) is 24.2 Å². The molecule has 1 aromatic rings. The second-order valence-corrected chi connectivity index (χ2v) is 5.53. The maximum absolute atomic E-state index is 10.9. The van der Waals surface area contributed by atoms with Gasteiger partial charge in [0.05, 0.1) is 11.4 Å². The van der Waals surface area contributed by atoms with Crippen molar-refractivity contribution in [3.8, 4) is 0 Å². The number of rotatable bonds is 2. The highest BCUT2D eigenvalue weighted by Crippen LogP contribution is 2.10. The van der Waals surface area contributed by atoms with Crippen LogP contribution in [0, 0.1) is 0 Å². The molecule has 1 rings (SSSR count). The van der Waals surface area contributed by atoms with Crippen molar-refractivity contribution in [2.75, 3.05) is 6.26 Å². The van der Waals surface area contributed by atoms with Crippen molar-refractivity contribution in [3.05, 3.63) is 16.6 Å². The summed E-state index contributed by atoms with van der Waals surface area (Å²) in [4.78, 5) is 4.00. The topological polar surface area (TPSA) is 52.0 Å². The molecule has 68 valence electrons.